The third-order valence-electron chi connectivity index (χ3n) is 4.46. The second kappa shape index (κ2) is 6.55. The molecule has 3 nitrogen and oxygen atoms in total. The van der Waals surface area contributed by atoms with E-state index in [-0.39, 0.29) is 0 Å². The number of benzene rings is 1. The summed E-state index contributed by atoms with van der Waals surface area (Å²) in [5.41, 5.74) is 2.53. The molecule has 1 aromatic carbocycles. The maximum absolute atomic E-state index is 6.27. The van der Waals surface area contributed by atoms with Crippen molar-refractivity contribution >= 4 is 11.6 Å². The summed E-state index contributed by atoms with van der Waals surface area (Å²) in [6.07, 6.45) is 3.55. The number of likely N-dealkylation sites (tertiary alicyclic amines) is 1. The van der Waals surface area contributed by atoms with Crippen LogP contribution in [-0.2, 0) is 13.0 Å². The lowest BCUT2D eigenvalue weighted by molar-refractivity contribution is 0.232. The molecule has 1 atom stereocenters. The minimum Gasteiger partial charge on any atom is -0.493 e. The van der Waals surface area contributed by atoms with Crippen molar-refractivity contribution in [1.82, 2.24) is 10.2 Å². The first-order chi connectivity index (χ1) is 10.1. The number of nitrogens with one attached hydrogen (secondary N) is 1. The minimum absolute atomic E-state index is 0.547. The zero-order chi connectivity index (χ0) is 14.8. The van der Waals surface area contributed by atoms with Gasteiger partial charge in [-0.15, -0.1) is 0 Å². The summed E-state index contributed by atoms with van der Waals surface area (Å²) in [5, 5.41) is 4.41. The number of hydrogen-bond acceptors (Lipinski definition) is 3. The lowest BCUT2D eigenvalue weighted by Crippen LogP contribution is -2.39. The number of rotatable bonds is 5. The summed E-state index contributed by atoms with van der Waals surface area (Å²) in [5.74, 6) is 1.09. The standard InChI is InChI=1S/C17H25ClN2O/c1-12(2)19-10-16-4-3-6-20(16)11-14-9-15(18)8-13-5-7-21-17(13)14/h8-9,12,16,19H,3-7,10-11H2,1-2H3. The minimum atomic E-state index is 0.547. The molecule has 0 radical (unpaired) electrons. The Kier molecular flexibility index (Phi) is 4.72. The van der Waals surface area contributed by atoms with Gasteiger partial charge >= 0.3 is 0 Å². The predicted molar refractivity (Wildman–Crippen MR) is 87.2 cm³/mol. The molecule has 0 spiro atoms. The highest BCUT2D eigenvalue weighted by molar-refractivity contribution is 6.30. The van der Waals surface area contributed by atoms with Gasteiger partial charge in [-0.25, -0.2) is 0 Å². The lowest BCUT2D eigenvalue weighted by atomic mass is 10.1. The Balaban J connectivity index is 1.71. The van der Waals surface area contributed by atoms with Crippen molar-refractivity contribution in [3.8, 4) is 5.75 Å². The molecule has 4 heteroatoms. The van der Waals surface area contributed by atoms with Crippen molar-refractivity contribution in [1.29, 1.82) is 0 Å². The van der Waals surface area contributed by atoms with Gasteiger partial charge in [0.1, 0.15) is 5.75 Å². The van der Waals surface area contributed by atoms with Crippen LogP contribution < -0.4 is 10.1 Å². The molecule has 1 saturated heterocycles. The van der Waals surface area contributed by atoms with Crippen molar-refractivity contribution in [2.24, 2.45) is 0 Å². The fourth-order valence-electron chi connectivity index (χ4n) is 3.39. The molecule has 21 heavy (non-hydrogen) atoms. The fraction of sp³-hybridized carbons (Fsp3) is 0.647. The van der Waals surface area contributed by atoms with E-state index in [4.69, 9.17) is 16.3 Å². The second-order valence-corrected chi connectivity index (χ2v) is 6.92. The molecule has 0 bridgehead atoms. The Bertz CT molecular complexity index is 504. The van der Waals surface area contributed by atoms with Crippen LogP contribution in [-0.4, -0.2) is 36.7 Å². The maximum Gasteiger partial charge on any atom is 0.127 e. The molecule has 3 rings (SSSR count). The first-order valence-electron chi connectivity index (χ1n) is 8.05. The largest absolute Gasteiger partial charge is 0.493 e. The van der Waals surface area contributed by atoms with Gasteiger partial charge in [-0.1, -0.05) is 25.4 Å². The van der Waals surface area contributed by atoms with Crippen LogP contribution in [0, 0.1) is 0 Å². The van der Waals surface area contributed by atoms with Crippen LogP contribution in [0.15, 0.2) is 12.1 Å². The number of nitrogens with zero attached hydrogens (tertiary/aromatic N) is 1. The van der Waals surface area contributed by atoms with Gasteiger partial charge in [0.2, 0.25) is 0 Å². The van der Waals surface area contributed by atoms with Crippen LogP contribution >= 0.6 is 11.6 Å². The number of fused-ring (bicyclic) bond motifs is 1. The molecule has 2 aliphatic heterocycles. The molecule has 0 aromatic heterocycles. The highest BCUT2D eigenvalue weighted by atomic mass is 35.5. The number of halogens is 1. The van der Waals surface area contributed by atoms with Gasteiger partial charge in [0.05, 0.1) is 6.61 Å². The van der Waals surface area contributed by atoms with E-state index in [1.54, 1.807) is 0 Å². The zero-order valence-electron chi connectivity index (χ0n) is 13.0. The summed E-state index contributed by atoms with van der Waals surface area (Å²) in [6.45, 7) is 8.40. The van der Waals surface area contributed by atoms with Crippen molar-refractivity contribution < 1.29 is 4.74 Å². The molecule has 0 amide bonds. The molecule has 1 fully saturated rings. The Labute approximate surface area is 132 Å². The fourth-order valence-corrected chi connectivity index (χ4v) is 3.65. The van der Waals surface area contributed by atoms with E-state index in [1.165, 1.54) is 30.5 Å². The molecule has 1 aromatic rings. The predicted octanol–water partition coefficient (Wildman–Crippen LogP) is 3.24. The molecule has 0 saturated carbocycles. The average molecular weight is 309 g/mol. The molecule has 2 aliphatic rings. The highest BCUT2D eigenvalue weighted by Crippen LogP contribution is 2.34. The SMILES string of the molecule is CC(C)NCC1CCCN1Cc1cc(Cl)cc2c1OCC2. The molecule has 1 N–H and O–H groups in total. The molecule has 2 heterocycles. The Morgan fingerprint density at radius 3 is 3.10 bits per heavy atom. The molecule has 0 aliphatic carbocycles. The number of ether oxygens (including phenoxy) is 1. The Morgan fingerprint density at radius 2 is 2.29 bits per heavy atom. The first-order valence-corrected chi connectivity index (χ1v) is 8.43. The van der Waals surface area contributed by atoms with Crippen LogP contribution in [0.2, 0.25) is 5.02 Å². The summed E-state index contributed by atoms with van der Waals surface area (Å²) >= 11 is 6.27. The normalized spacial score (nSPS) is 21.8. The van der Waals surface area contributed by atoms with Crippen LogP contribution in [0.25, 0.3) is 0 Å². The molecular formula is C17H25ClN2O. The van der Waals surface area contributed by atoms with E-state index in [2.05, 4.69) is 36.2 Å². The average Bonchev–Trinajstić information content (AvgIpc) is 3.05. The van der Waals surface area contributed by atoms with E-state index >= 15 is 0 Å². The first kappa shape index (κ1) is 15.1. The van der Waals surface area contributed by atoms with Gasteiger partial charge in [-0.05, 0) is 37.1 Å². The summed E-state index contributed by atoms with van der Waals surface area (Å²) in [7, 11) is 0. The van der Waals surface area contributed by atoms with E-state index in [0.717, 1.165) is 36.9 Å². The highest BCUT2D eigenvalue weighted by Gasteiger charge is 2.27. The van der Waals surface area contributed by atoms with Gasteiger partial charge in [-0.2, -0.15) is 0 Å². The summed E-state index contributed by atoms with van der Waals surface area (Å²) in [4.78, 5) is 2.57. The van der Waals surface area contributed by atoms with E-state index in [1.807, 2.05) is 0 Å². The van der Waals surface area contributed by atoms with Crippen molar-refractivity contribution in [3.05, 3.63) is 28.3 Å². The van der Waals surface area contributed by atoms with Gasteiger partial charge in [0.25, 0.3) is 0 Å². The second-order valence-electron chi connectivity index (χ2n) is 6.48. The summed E-state index contributed by atoms with van der Waals surface area (Å²) in [6, 6.07) is 5.31. The van der Waals surface area contributed by atoms with E-state index in [0.29, 0.717) is 12.1 Å². The topological polar surface area (TPSA) is 24.5 Å². The van der Waals surface area contributed by atoms with Crippen LogP contribution in [0.4, 0.5) is 0 Å². The Hall–Kier alpha value is -0.770. The van der Waals surface area contributed by atoms with E-state index in [9.17, 15) is 0 Å². The van der Waals surface area contributed by atoms with Crippen molar-refractivity contribution in [3.63, 3.8) is 0 Å². The monoisotopic (exact) mass is 308 g/mol. The quantitative estimate of drug-likeness (QED) is 0.904. The maximum atomic E-state index is 6.27. The van der Waals surface area contributed by atoms with E-state index < -0.39 is 0 Å². The molecule has 116 valence electrons. The molecular weight excluding hydrogens is 284 g/mol. The van der Waals surface area contributed by atoms with Crippen molar-refractivity contribution in [2.75, 3.05) is 19.7 Å². The third kappa shape index (κ3) is 3.53. The Morgan fingerprint density at radius 1 is 1.43 bits per heavy atom. The van der Waals surface area contributed by atoms with Gasteiger partial charge < -0.3 is 10.1 Å². The zero-order valence-corrected chi connectivity index (χ0v) is 13.7. The lowest BCUT2D eigenvalue weighted by Gasteiger charge is -2.26. The number of hydrogen-bond donors (Lipinski definition) is 1. The van der Waals surface area contributed by atoms with Crippen LogP contribution in [0.1, 0.15) is 37.8 Å². The van der Waals surface area contributed by atoms with Crippen molar-refractivity contribution in [2.45, 2.75) is 51.7 Å². The van der Waals surface area contributed by atoms with Crippen LogP contribution in [0.5, 0.6) is 5.75 Å². The third-order valence-corrected chi connectivity index (χ3v) is 4.68. The smallest absolute Gasteiger partial charge is 0.127 e. The van der Waals surface area contributed by atoms with Gasteiger partial charge in [0, 0.05) is 42.2 Å². The van der Waals surface area contributed by atoms with Gasteiger partial charge in [0.15, 0.2) is 0 Å². The molecule has 1 unspecified atom stereocenters. The van der Waals surface area contributed by atoms with Gasteiger partial charge in [-0.3, -0.25) is 4.90 Å². The van der Waals surface area contributed by atoms with Crippen LogP contribution in [0.3, 0.4) is 0 Å². The summed E-state index contributed by atoms with van der Waals surface area (Å²) < 4.78 is 5.83.